The number of hydrogen-bond acceptors (Lipinski definition) is 5. The quantitative estimate of drug-likeness (QED) is 0.571. The topological polar surface area (TPSA) is 83.6 Å². The monoisotopic (exact) mass is 317 g/mol. The number of rotatable bonds is 4. The van der Waals surface area contributed by atoms with Crippen LogP contribution in [-0.4, -0.2) is 31.1 Å². The molecule has 0 spiro atoms. The maximum absolute atomic E-state index is 13.1. The van der Waals surface area contributed by atoms with Crippen LogP contribution in [0.4, 0.5) is 10.1 Å². The number of nitrogens with one attached hydrogen (secondary N) is 2. The largest absolute Gasteiger partial charge is 0.341 e. The van der Waals surface area contributed by atoms with Crippen LogP contribution in [0.5, 0.6) is 0 Å². The number of thioether (sulfide) groups is 1. The van der Waals surface area contributed by atoms with Gasteiger partial charge < -0.3 is 10.3 Å². The zero-order valence-electron chi connectivity index (χ0n) is 11.6. The number of benzene rings is 1. The van der Waals surface area contributed by atoms with E-state index in [1.165, 1.54) is 36.5 Å². The Labute approximate surface area is 129 Å². The van der Waals surface area contributed by atoms with Gasteiger partial charge in [-0.15, -0.1) is 0 Å². The van der Waals surface area contributed by atoms with Crippen molar-refractivity contribution in [1.29, 1.82) is 0 Å². The third-order valence-corrected chi connectivity index (χ3v) is 4.04. The van der Waals surface area contributed by atoms with Gasteiger partial charge in [-0.25, -0.2) is 19.3 Å². The number of carbonyl (C=O) groups excluding carboxylic acids is 1. The second-order valence-corrected chi connectivity index (χ2v) is 5.87. The van der Waals surface area contributed by atoms with Gasteiger partial charge in [-0.1, -0.05) is 17.8 Å². The molecule has 2 N–H and O–H groups in total. The molecule has 0 saturated carbocycles. The molecule has 0 unspecified atom stereocenters. The van der Waals surface area contributed by atoms with E-state index in [1.807, 2.05) is 0 Å². The predicted octanol–water partition coefficient (Wildman–Crippen LogP) is 2.61. The minimum Gasteiger partial charge on any atom is -0.341 e. The lowest BCUT2D eigenvalue weighted by atomic mass is 10.3. The van der Waals surface area contributed by atoms with Gasteiger partial charge in [-0.3, -0.25) is 4.79 Å². The number of carbonyl (C=O) groups is 1. The molecule has 0 fully saturated rings. The highest BCUT2D eigenvalue weighted by Gasteiger charge is 2.18. The Kier molecular flexibility index (Phi) is 4.01. The van der Waals surface area contributed by atoms with Gasteiger partial charge in [-0.2, -0.15) is 0 Å². The summed E-state index contributed by atoms with van der Waals surface area (Å²) in [5.41, 5.74) is 1.67. The fourth-order valence-electron chi connectivity index (χ4n) is 1.86. The molecule has 8 heteroatoms. The number of fused-ring (bicyclic) bond motifs is 1. The summed E-state index contributed by atoms with van der Waals surface area (Å²) in [4.78, 5) is 27.4. The Hall–Kier alpha value is -2.48. The molecule has 3 aromatic rings. The van der Waals surface area contributed by atoms with E-state index in [4.69, 9.17) is 0 Å². The molecule has 0 bridgehead atoms. The first kappa shape index (κ1) is 14.5. The van der Waals surface area contributed by atoms with Crippen LogP contribution in [0, 0.1) is 5.82 Å². The molecule has 2 heterocycles. The molecule has 1 amide bonds. The summed E-state index contributed by atoms with van der Waals surface area (Å²) in [6.45, 7) is 1.75. The SMILES string of the molecule is C[C@@H](Sc1ncnc2nc[nH]c12)C(=O)Nc1cccc(F)c1. The summed E-state index contributed by atoms with van der Waals surface area (Å²) < 4.78 is 13.1. The smallest absolute Gasteiger partial charge is 0.237 e. The zero-order valence-corrected chi connectivity index (χ0v) is 12.4. The molecular formula is C14H12FN5OS. The van der Waals surface area contributed by atoms with E-state index in [1.54, 1.807) is 19.1 Å². The van der Waals surface area contributed by atoms with Crippen LogP contribution in [0.3, 0.4) is 0 Å². The third-order valence-electron chi connectivity index (χ3n) is 2.94. The summed E-state index contributed by atoms with van der Waals surface area (Å²) in [5.74, 6) is -0.630. The van der Waals surface area contributed by atoms with Crippen LogP contribution in [0.2, 0.25) is 0 Å². The second kappa shape index (κ2) is 6.10. The molecule has 1 aromatic carbocycles. The molecule has 1 atom stereocenters. The van der Waals surface area contributed by atoms with Crippen molar-refractivity contribution in [1.82, 2.24) is 19.9 Å². The number of imidazole rings is 1. The normalized spacial score (nSPS) is 12.3. The first-order chi connectivity index (χ1) is 10.6. The van der Waals surface area contributed by atoms with Crippen molar-refractivity contribution in [3.8, 4) is 0 Å². The van der Waals surface area contributed by atoms with Crippen LogP contribution in [0.1, 0.15) is 6.92 Å². The first-order valence-electron chi connectivity index (χ1n) is 6.50. The Bertz CT molecular complexity index is 822. The number of halogens is 1. The molecule has 0 aliphatic heterocycles. The van der Waals surface area contributed by atoms with Crippen molar-refractivity contribution in [3.05, 3.63) is 42.7 Å². The van der Waals surface area contributed by atoms with Crippen molar-refractivity contribution < 1.29 is 9.18 Å². The van der Waals surface area contributed by atoms with Gasteiger partial charge in [0.25, 0.3) is 0 Å². The van der Waals surface area contributed by atoms with Gasteiger partial charge in [0.2, 0.25) is 5.91 Å². The van der Waals surface area contributed by atoms with Crippen LogP contribution in [0.15, 0.2) is 41.9 Å². The number of anilines is 1. The van der Waals surface area contributed by atoms with E-state index in [-0.39, 0.29) is 5.91 Å². The minimum atomic E-state index is -0.412. The summed E-state index contributed by atoms with van der Waals surface area (Å²) in [7, 11) is 0. The fourth-order valence-corrected chi connectivity index (χ4v) is 2.74. The highest BCUT2D eigenvalue weighted by Crippen LogP contribution is 2.26. The molecule has 0 aliphatic carbocycles. The highest BCUT2D eigenvalue weighted by molar-refractivity contribution is 8.00. The van der Waals surface area contributed by atoms with Crippen LogP contribution in [0.25, 0.3) is 11.2 Å². The van der Waals surface area contributed by atoms with Crippen molar-refractivity contribution in [2.24, 2.45) is 0 Å². The molecule has 0 radical (unpaired) electrons. The molecule has 0 saturated heterocycles. The zero-order chi connectivity index (χ0) is 15.5. The number of amides is 1. The van der Waals surface area contributed by atoms with E-state index < -0.39 is 11.1 Å². The van der Waals surface area contributed by atoms with Gasteiger partial charge in [0, 0.05) is 5.69 Å². The van der Waals surface area contributed by atoms with Crippen LogP contribution < -0.4 is 5.32 Å². The number of H-pyrrole nitrogens is 1. The number of nitrogens with zero attached hydrogens (tertiary/aromatic N) is 3. The Morgan fingerprint density at radius 2 is 2.23 bits per heavy atom. The molecule has 3 rings (SSSR count). The van der Waals surface area contributed by atoms with Crippen molar-refractivity contribution in [2.45, 2.75) is 17.2 Å². The Balaban J connectivity index is 1.72. The van der Waals surface area contributed by atoms with E-state index in [0.29, 0.717) is 21.9 Å². The summed E-state index contributed by atoms with van der Waals surface area (Å²) in [5, 5.41) is 2.91. The molecule has 6 nitrogen and oxygen atoms in total. The van der Waals surface area contributed by atoms with Crippen LogP contribution in [-0.2, 0) is 4.79 Å². The van der Waals surface area contributed by atoms with E-state index >= 15 is 0 Å². The maximum atomic E-state index is 13.1. The van der Waals surface area contributed by atoms with Gasteiger partial charge >= 0.3 is 0 Å². The lowest BCUT2D eigenvalue weighted by molar-refractivity contribution is -0.115. The van der Waals surface area contributed by atoms with E-state index in [9.17, 15) is 9.18 Å². The average molecular weight is 317 g/mol. The summed E-state index contributed by atoms with van der Waals surface area (Å²) in [6.07, 6.45) is 2.93. The van der Waals surface area contributed by atoms with Crippen molar-refractivity contribution in [2.75, 3.05) is 5.32 Å². The summed E-state index contributed by atoms with van der Waals surface area (Å²) in [6, 6.07) is 5.77. The maximum Gasteiger partial charge on any atom is 0.237 e. The molecule has 112 valence electrons. The summed E-state index contributed by atoms with van der Waals surface area (Å²) >= 11 is 1.28. The van der Waals surface area contributed by atoms with E-state index in [0.717, 1.165) is 0 Å². The standard InChI is InChI=1S/C14H12FN5OS/c1-8(13(21)20-10-4-2-3-9(15)5-10)22-14-11-12(17-6-16-11)18-7-19-14/h2-8H,1H3,(H,20,21)(H,16,17,18,19)/t8-/m1/s1. The van der Waals surface area contributed by atoms with Gasteiger partial charge in [0.1, 0.15) is 22.7 Å². The Morgan fingerprint density at radius 1 is 1.36 bits per heavy atom. The molecular weight excluding hydrogens is 305 g/mol. The number of hydrogen-bond donors (Lipinski definition) is 2. The van der Waals surface area contributed by atoms with E-state index in [2.05, 4.69) is 25.3 Å². The third kappa shape index (κ3) is 3.06. The van der Waals surface area contributed by atoms with Gasteiger partial charge in [-0.05, 0) is 25.1 Å². The first-order valence-corrected chi connectivity index (χ1v) is 7.38. The van der Waals surface area contributed by atoms with Gasteiger partial charge in [0.15, 0.2) is 5.65 Å². The lowest BCUT2D eigenvalue weighted by Crippen LogP contribution is -2.22. The number of aromatic nitrogens is 4. The van der Waals surface area contributed by atoms with Crippen molar-refractivity contribution >= 4 is 34.5 Å². The minimum absolute atomic E-state index is 0.234. The molecule has 0 aliphatic rings. The highest BCUT2D eigenvalue weighted by atomic mass is 32.2. The fraction of sp³-hybridized carbons (Fsp3) is 0.143. The Morgan fingerprint density at radius 3 is 3.05 bits per heavy atom. The average Bonchev–Trinajstić information content (AvgIpc) is 2.96. The lowest BCUT2D eigenvalue weighted by Gasteiger charge is -2.11. The molecule has 22 heavy (non-hydrogen) atoms. The van der Waals surface area contributed by atoms with Crippen molar-refractivity contribution in [3.63, 3.8) is 0 Å². The second-order valence-electron chi connectivity index (χ2n) is 4.54. The number of aromatic amines is 1. The predicted molar refractivity (Wildman–Crippen MR) is 82.0 cm³/mol. The van der Waals surface area contributed by atoms with Gasteiger partial charge in [0.05, 0.1) is 11.6 Å². The molecule has 2 aromatic heterocycles. The van der Waals surface area contributed by atoms with Crippen LogP contribution >= 0.6 is 11.8 Å².